The topological polar surface area (TPSA) is 108 Å². The molecule has 0 spiro atoms. The summed E-state index contributed by atoms with van der Waals surface area (Å²) >= 11 is 0. The number of phosphoric ester groups is 1. The zero-order valence-corrected chi connectivity index (χ0v) is 55.1. The van der Waals surface area contributed by atoms with Crippen LogP contribution in [0.4, 0.5) is 0 Å². The number of aliphatic hydroxyl groups is 1. The van der Waals surface area contributed by atoms with Gasteiger partial charge in [0.1, 0.15) is 13.2 Å². The van der Waals surface area contributed by atoms with E-state index in [-0.39, 0.29) is 19.1 Å². The van der Waals surface area contributed by atoms with Gasteiger partial charge in [-0.15, -0.1) is 0 Å². The van der Waals surface area contributed by atoms with E-state index in [9.17, 15) is 19.4 Å². The second-order valence-electron chi connectivity index (χ2n) is 24.9. The summed E-state index contributed by atoms with van der Waals surface area (Å²) in [5.74, 6) is -0.160. The fraction of sp³-hybridized carbons (Fsp3) is 0.819. The third-order valence-corrected chi connectivity index (χ3v) is 16.7. The Kier molecular flexibility index (Phi) is 60.9. The minimum atomic E-state index is -4.58. The normalized spacial score (nSPS) is 14.1. The summed E-state index contributed by atoms with van der Waals surface area (Å²) in [5.41, 5.74) is 0. The molecule has 0 aromatic heterocycles. The maximum Gasteiger partial charge on any atom is 0.268 e. The molecule has 0 aliphatic carbocycles. The summed E-state index contributed by atoms with van der Waals surface area (Å²) in [7, 11) is 1.31. The number of carbonyl (C=O) groups excluding carboxylic acids is 1. The highest BCUT2D eigenvalue weighted by atomic mass is 31.2. The van der Waals surface area contributed by atoms with Crippen LogP contribution in [0.5, 0.6) is 0 Å². The summed E-state index contributed by atoms with van der Waals surface area (Å²) < 4.78 is 23.5. The first-order chi connectivity index (χ1) is 39.5. The first-order valence-corrected chi connectivity index (χ1v) is 36.2. The predicted octanol–water partition coefficient (Wildman–Crippen LogP) is 21.5. The molecule has 1 amide bonds. The number of phosphoric acid groups is 1. The molecule has 0 aromatic rings. The predicted molar refractivity (Wildman–Crippen MR) is 353 cm³/mol. The number of rotatable bonds is 64. The largest absolute Gasteiger partial charge is 0.756 e. The molecule has 81 heavy (non-hydrogen) atoms. The lowest BCUT2D eigenvalue weighted by molar-refractivity contribution is -0.870. The zero-order valence-electron chi connectivity index (χ0n) is 54.2. The smallest absolute Gasteiger partial charge is 0.268 e. The molecule has 0 saturated carbocycles. The van der Waals surface area contributed by atoms with E-state index >= 15 is 0 Å². The van der Waals surface area contributed by atoms with Gasteiger partial charge in [0, 0.05) is 6.42 Å². The Morgan fingerprint density at radius 3 is 1.10 bits per heavy atom. The van der Waals surface area contributed by atoms with Gasteiger partial charge in [0.15, 0.2) is 0 Å². The molecule has 0 aliphatic rings. The Labute approximate surface area is 504 Å². The number of likely N-dealkylation sites (N-methyl/N-ethyl adjacent to an activating group) is 1. The SMILES string of the molecule is CC/C=C\C/C=C\C/C=C\C/C=C\C/C=C\C/C=C\CCCCCCCCCCCCCCCCCCCCC(=O)NC(COP(=O)([O-])OCC[N+](C)(C)C)C(O)CCCCCCCCCCCCCCCCCCCCCCCC. The van der Waals surface area contributed by atoms with Crippen LogP contribution in [-0.4, -0.2) is 68.5 Å². The highest BCUT2D eigenvalue weighted by Gasteiger charge is 2.24. The number of hydrogen-bond donors (Lipinski definition) is 2. The molecule has 0 saturated heterocycles. The van der Waals surface area contributed by atoms with E-state index in [1.54, 1.807) is 0 Å². The second-order valence-corrected chi connectivity index (χ2v) is 26.3. The molecule has 0 bridgehead atoms. The summed E-state index contributed by atoms with van der Waals surface area (Å²) in [6.07, 6.45) is 86.9. The van der Waals surface area contributed by atoms with Gasteiger partial charge in [0.05, 0.1) is 39.9 Å². The maximum atomic E-state index is 13.1. The van der Waals surface area contributed by atoms with Gasteiger partial charge >= 0.3 is 0 Å². The number of hydrogen-bond acceptors (Lipinski definition) is 6. The number of quaternary nitrogens is 1. The molecule has 2 N–H and O–H groups in total. The van der Waals surface area contributed by atoms with E-state index < -0.39 is 20.0 Å². The van der Waals surface area contributed by atoms with Crippen molar-refractivity contribution >= 4 is 13.7 Å². The van der Waals surface area contributed by atoms with Gasteiger partial charge in [-0.25, -0.2) is 0 Å². The van der Waals surface area contributed by atoms with Crippen molar-refractivity contribution in [2.75, 3.05) is 40.9 Å². The van der Waals surface area contributed by atoms with Gasteiger partial charge in [0.2, 0.25) is 5.91 Å². The fourth-order valence-corrected chi connectivity index (χ4v) is 11.1. The molecule has 0 fully saturated rings. The van der Waals surface area contributed by atoms with Gasteiger partial charge in [0.25, 0.3) is 7.82 Å². The molecule has 3 atom stereocenters. The van der Waals surface area contributed by atoms with Crippen LogP contribution in [0.2, 0.25) is 0 Å². The standard InChI is InChI=1S/C72H135N2O6P/c1-6-8-10-12-14-16-18-20-22-24-26-28-30-31-32-33-34-35-36-37-38-39-40-41-42-43-44-46-48-50-52-54-56-58-60-62-64-66-72(76)73-70(69-80-81(77,78)79-68-67-74(3,4)5)71(75)65-63-61-59-57-55-53-51-49-47-45-29-27-25-23-21-19-17-15-13-11-9-7-2/h8,10,14,16,20,22,26,28,31-32,34-35,70-71,75H,6-7,9,11-13,15,17-19,21,23-25,27,29-30,33,36-69H2,1-5H3,(H-,73,76,77,78)/b10-8-,16-14-,22-20-,28-26-,32-31-,35-34-. The van der Waals surface area contributed by atoms with Crippen LogP contribution in [0.15, 0.2) is 72.9 Å². The molecule has 0 aromatic carbocycles. The lowest BCUT2D eigenvalue weighted by atomic mass is 10.0. The average molecular weight is 1160 g/mol. The Hall–Kier alpha value is -2.06. The Balaban J connectivity index is 3.99. The fourth-order valence-electron chi connectivity index (χ4n) is 10.3. The molecular formula is C72H135N2O6P. The Bertz CT molecular complexity index is 1550. The van der Waals surface area contributed by atoms with Crippen molar-refractivity contribution in [1.82, 2.24) is 5.32 Å². The van der Waals surface area contributed by atoms with Gasteiger partial charge in [-0.3, -0.25) is 9.36 Å². The number of amides is 1. The zero-order chi connectivity index (χ0) is 59.1. The summed E-state index contributed by atoms with van der Waals surface area (Å²) in [4.78, 5) is 25.7. The van der Waals surface area contributed by atoms with Gasteiger partial charge in [-0.05, 0) is 64.2 Å². The van der Waals surface area contributed by atoms with Gasteiger partial charge < -0.3 is 28.8 Å². The van der Waals surface area contributed by atoms with E-state index in [2.05, 4.69) is 92.1 Å². The van der Waals surface area contributed by atoms with Crippen molar-refractivity contribution < 1.29 is 32.9 Å². The van der Waals surface area contributed by atoms with Gasteiger partial charge in [-0.1, -0.05) is 331 Å². The van der Waals surface area contributed by atoms with Crippen molar-refractivity contribution in [3.05, 3.63) is 72.9 Å². The van der Waals surface area contributed by atoms with Crippen LogP contribution in [0.25, 0.3) is 0 Å². The number of allylic oxidation sites excluding steroid dienone is 12. The highest BCUT2D eigenvalue weighted by molar-refractivity contribution is 7.45. The maximum absolute atomic E-state index is 13.1. The summed E-state index contributed by atoms with van der Waals surface area (Å²) in [6.45, 7) is 4.65. The van der Waals surface area contributed by atoms with Crippen LogP contribution in [0, 0.1) is 0 Å². The Morgan fingerprint density at radius 1 is 0.444 bits per heavy atom. The van der Waals surface area contributed by atoms with Crippen molar-refractivity contribution in [2.45, 2.75) is 341 Å². The number of carbonyl (C=O) groups is 1. The number of nitrogens with one attached hydrogen (secondary N) is 1. The highest BCUT2D eigenvalue weighted by Crippen LogP contribution is 2.38. The van der Waals surface area contributed by atoms with Crippen LogP contribution in [0.1, 0.15) is 328 Å². The van der Waals surface area contributed by atoms with Crippen molar-refractivity contribution in [3.8, 4) is 0 Å². The van der Waals surface area contributed by atoms with Crippen LogP contribution >= 0.6 is 7.82 Å². The van der Waals surface area contributed by atoms with E-state index in [0.717, 1.165) is 77.0 Å². The summed E-state index contributed by atoms with van der Waals surface area (Å²) in [5, 5.41) is 14.1. The minimum absolute atomic E-state index is 0.0123. The van der Waals surface area contributed by atoms with E-state index in [0.29, 0.717) is 23.9 Å². The molecule has 0 rings (SSSR count). The molecule has 3 unspecified atom stereocenters. The third kappa shape index (κ3) is 65.3. The molecule has 8 nitrogen and oxygen atoms in total. The van der Waals surface area contributed by atoms with E-state index in [4.69, 9.17) is 9.05 Å². The first kappa shape index (κ1) is 78.9. The number of aliphatic hydroxyl groups excluding tert-OH is 1. The third-order valence-electron chi connectivity index (χ3n) is 15.7. The average Bonchev–Trinajstić information content (AvgIpc) is 3.43. The first-order valence-electron chi connectivity index (χ1n) is 34.8. The molecular weight excluding hydrogens is 1020 g/mol. The minimum Gasteiger partial charge on any atom is -0.756 e. The number of unbranched alkanes of at least 4 members (excludes halogenated alkanes) is 39. The van der Waals surface area contributed by atoms with Crippen molar-refractivity contribution in [3.63, 3.8) is 0 Å². The quantitative estimate of drug-likeness (QED) is 0.0272. The monoisotopic (exact) mass is 1160 g/mol. The Morgan fingerprint density at radius 2 is 0.753 bits per heavy atom. The van der Waals surface area contributed by atoms with E-state index in [1.165, 1.54) is 225 Å². The number of nitrogens with zero attached hydrogens (tertiary/aromatic N) is 1. The van der Waals surface area contributed by atoms with Crippen molar-refractivity contribution in [1.29, 1.82) is 0 Å². The van der Waals surface area contributed by atoms with Crippen LogP contribution < -0.4 is 10.2 Å². The lowest BCUT2D eigenvalue weighted by Gasteiger charge is -2.30. The molecule has 9 heteroatoms. The molecule has 474 valence electrons. The van der Waals surface area contributed by atoms with E-state index in [1.807, 2.05) is 21.1 Å². The second kappa shape index (κ2) is 62.5. The summed E-state index contributed by atoms with van der Waals surface area (Å²) in [6, 6.07) is -0.803. The van der Waals surface area contributed by atoms with Gasteiger partial charge in [-0.2, -0.15) is 0 Å². The molecule has 0 radical (unpaired) electrons. The van der Waals surface area contributed by atoms with Crippen molar-refractivity contribution in [2.24, 2.45) is 0 Å². The van der Waals surface area contributed by atoms with Crippen LogP contribution in [0.3, 0.4) is 0 Å². The lowest BCUT2D eigenvalue weighted by Crippen LogP contribution is -2.46. The molecule has 0 heterocycles. The van der Waals surface area contributed by atoms with Crippen LogP contribution in [-0.2, 0) is 18.4 Å². The molecule has 0 aliphatic heterocycles.